The van der Waals surface area contributed by atoms with Gasteiger partial charge in [-0.1, -0.05) is 54.1 Å². The van der Waals surface area contributed by atoms with Crippen molar-refractivity contribution in [1.82, 2.24) is 4.90 Å². The van der Waals surface area contributed by atoms with E-state index in [4.69, 9.17) is 11.6 Å². The van der Waals surface area contributed by atoms with Gasteiger partial charge in [0.15, 0.2) is 0 Å². The van der Waals surface area contributed by atoms with Crippen LogP contribution in [-0.4, -0.2) is 29.8 Å². The molecule has 33 heavy (non-hydrogen) atoms. The SMILES string of the molecule is CC(=O)N1Cc2cc(-c3ccccc3C(=O)N3CCCC3)ccc2/C=C\c2cc(Cl)ccc21. The van der Waals surface area contributed by atoms with Crippen LogP contribution in [0, 0.1) is 0 Å². The molecule has 3 aromatic carbocycles. The highest BCUT2D eigenvalue weighted by Gasteiger charge is 2.23. The van der Waals surface area contributed by atoms with Crippen LogP contribution in [0.25, 0.3) is 23.3 Å². The molecule has 0 saturated carbocycles. The van der Waals surface area contributed by atoms with Gasteiger partial charge in [-0.25, -0.2) is 0 Å². The summed E-state index contributed by atoms with van der Waals surface area (Å²) in [5.74, 6) is 0.0562. The van der Waals surface area contributed by atoms with Gasteiger partial charge in [-0.3, -0.25) is 9.59 Å². The van der Waals surface area contributed by atoms with E-state index in [1.165, 1.54) is 0 Å². The second-order valence-electron chi connectivity index (χ2n) is 8.60. The fourth-order valence-electron chi connectivity index (χ4n) is 4.71. The molecule has 0 atom stereocenters. The molecule has 5 heteroatoms. The number of carbonyl (C=O) groups is 2. The molecule has 0 radical (unpaired) electrons. The molecule has 0 bridgehead atoms. The van der Waals surface area contributed by atoms with E-state index in [1.54, 1.807) is 11.8 Å². The number of fused-ring (bicyclic) bond motifs is 2. The number of rotatable bonds is 2. The molecule has 2 aliphatic heterocycles. The fourth-order valence-corrected chi connectivity index (χ4v) is 4.89. The molecule has 2 aliphatic rings. The number of halogens is 1. The molecule has 0 N–H and O–H groups in total. The molecular weight excluding hydrogens is 432 g/mol. The summed E-state index contributed by atoms with van der Waals surface area (Å²) < 4.78 is 0. The predicted molar refractivity (Wildman–Crippen MR) is 134 cm³/mol. The van der Waals surface area contributed by atoms with Crippen molar-refractivity contribution in [3.63, 3.8) is 0 Å². The molecule has 0 aliphatic carbocycles. The van der Waals surface area contributed by atoms with E-state index in [0.717, 1.165) is 65.0 Å². The van der Waals surface area contributed by atoms with Crippen molar-refractivity contribution in [2.45, 2.75) is 26.3 Å². The Hall–Kier alpha value is -3.37. The number of anilines is 1. The third-order valence-corrected chi connectivity index (χ3v) is 6.67. The average Bonchev–Trinajstić information content (AvgIpc) is 3.35. The van der Waals surface area contributed by atoms with Crippen molar-refractivity contribution < 1.29 is 9.59 Å². The summed E-state index contributed by atoms with van der Waals surface area (Å²) in [6, 6.07) is 19.6. The minimum atomic E-state index is -0.0326. The standard InChI is InChI=1S/C28H25ClN2O2/c1-19(32)31-18-23-16-21(10-8-20(23)9-11-22-17-24(29)12-13-27(22)31)25-6-2-3-7-26(25)28(33)30-14-4-5-15-30/h2-3,6-13,16-17H,4-5,14-15,18H2,1H3/b11-9-. The van der Waals surface area contributed by atoms with Crippen LogP contribution in [0.1, 0.15) is 46.8 Å². The van der Waals surface area contributed by atoms with Crippen molar-refractivity contribution in [2.75, 3.05) is 18.0 Å². The highest BCUT2D eigenvalue weighted by Crippen LogP contribution is 2.34. The van der Waals surface area contributed by atoms with Gasteiger partial charge < -0.3 is 9.80 Å². The van der Waals surface area contributed by atoms with Gasteiger partial charge in [-0.05, 0) is 71.0 Å². The number of likely N-dealkylation sites (tertiary alicyclic amines) is 1. The first-order valence-electron chi connectivity index (χ1n) is 11.3. The summed E-state index contributed by atoms with van der Waals surface area (Å²) in [6.07, 6.45) is 6.19. The minimum Gasteiger partial charge on any atom is -0.339 e. The monoisotopic (exact) mass is 456 g/mol. The third-order valence-electron chi connectivity index (χ3n) is 6.44. The Morgan fingerprint density at radius 1 is 0.879 bits per heavy atom. The second kappa shape index (κ2) is 8.87. The van der Waals surface area contributed by atoms with Crippen LogP contribution < -0.4 is 4.90 Å². The number of nitrogens with zero attached hydrogens (tertiary/aromatic N) is 2. The lowest BCUT2D eigenvalue weighted by molar-refractivity contribution is -0.116. The van der Waals surface area contributed by atoms with Gasteiger partial charge in [0.1, 0.15) is 0 Å². The topological polar surface area (TPSA) is 40.6 Å². The molecule has 3 aromatic rings. The first-order valence-corrected chi connectivity index (χ1v) is 11.7. The zero-order valence-corrected chi connectivity index (χ0v) is 19.3. The smallest absolute Gasteiger partial charge is 0.254 e. The van der Waals surface area contributed by atoms with Crippen LogP contribution in [0.15, 0.2) is 60.7 Å². The van der Waals surface area contributed by atoms with E-state index >= 15 is 0 Å². The van der Waals surface area contributed by atoms with E-state index in [9.17, 15) is 9.59 Å². The van der Waals surface area contributed by atoms with Gasteiger partial charge in [0.25, 0.3) is 5.91 Å². The lowest BCUT2D eigenvalue weighted by Crippen LogP contribution is -2.29. The van der Waals surface area contributed by atoms with Gasteiger partial charge in [0.05, 0.1) is 12.2 Å². The summed E-state index contributed by atoms with van der Waals surface area (Å²) in [7, 11) is 0. The van der Waals surface area contributed by atoms with Gasteiger partial charge in [0.2, 0.25) is 5.91 Å². The Morgan fingerprint density at radius 3 is 2.42 bits per heavy atom. The lowest BCUT2D eigenvalue weighted by atomic mass is 9.93. The molecule has 0 unspecified atom stereocenters. The maximum absolute atomic E-state index is 13.2. The van der Waals surface area contributed by atoms with Crippen LogP contribution in [-0.2, 0) is 11.3 Å². The summed E-state index contributed by atoms with van der Waals surface area (Å²) in [4.78, 5) is 29.5. The van der Waals surface area contributed by atoms with E-state index in [-0.39, 0.29) is 11.8 Å². The normalized spacial score (nSPS) is 15.9. The van der Waals surface area contributed by atoms with Crippen LogP contribution in [0.4, 0.5) is 5.69 Å². The summed E-state index contributed by atoms with van der Waals surface area (Å²) in [5, 5.41) is 0.636. The minimum absolute atomic E-state index is 0.0326. The summed E-state index contributed by atoms with van der Waals surface area (Å²) in [6.45, 7) is 3.66. The fraction of sp³-hybridized carbons (Fsp3) is 0.214. The third kappa shape index (κ3) is 4.19. The van der Waals surface area contributed by atoms with Crippen molar-refractivity contribution in [3.05, 3.63) is 87.9 Å². The van der Waals surface area contributed by atoms with Crippen LogP contribution in [0.2, 0.25) is 5.02 Å². The molecule has 1 fully saturated rings. The van der Waals surface area contributed by atoms with E-state index in [2.05, 4.69) is 24.3 Å². The highest BCUT2D eigenvalue weighted by atomic mass is 35.5. The van der Waals surface area contributed by atoms with Gasteiger partial charge in [0, 0.05) is 30.6 Å². The maximum Gasteiger partial charge on any atom is 0.254 e. The number of hydrogen-bond acceptors (Lipinski definition) is 2. The number of carbonyl (C=O) groups excluding carboxylic acids is 2. The molecule has 5 rings (SSSR count). The Balaban J connectivity index is 1.58. The first-order chi connectivity index (χ1) is 16.0. The molecule has 1 saturated heterocycles. The van der Waals surface area contributed by atoms with Crippen molar-refractivity contribution in [2.24, 2.45) is 0 Å². The van der Waals surface area contributed by atoms with Crippen LogP contribution in [0.3, 0.4) is 0 Å². The number of benzene rings is 3. The zero-order valence-electron chi connectivity index (χ0n) is 18.6. The van der Waals surface area contributed by atoms with Crippen LogP contribution in [0.5, 0.6) is 0 Å². The van der Waals surface area contributed by atoms with Crippen molar-refractivity contribution in [1.29, 1.82) is 0 Å². The molecule has 0 aromatic heterocycles. The van der Waals surface area contributed by atoms with Gasteiger partial charge >= 0.3 is 0 Å². The number of amides is 2. The summed E-state index contributed by atoms with van der Waals surface area (Å²) >= 11 is 6.21. The molecular formula is C28H25ClN2O2. The maximum atomic E-state index is 13.2. The number of hydrogen-bond donors (Lipinski definition) is 0. The van der Waals surface area contributed by atoms with E-state index < -0.39 is 0 Å². The molecule has 4 nitrogen and oxygen atoms in total. The van der Waals surface area contributed by atoms with Crippen molar-refractivity contribution >= 4 is 41.3 Å². The largest absolute Gasteiger partial charge is 0.339 e. The Morgan fingerprint density at radius 2 is 1.64 bits per heavy atom. The molecule has 2 amide bonds. The van der Waals surface area contributed by atoms with Crippen LogP contribution >= 0.6 is 11.6 Å². The highest BCUT2D eigenvalue weighted by molar-refractivity contribution is 6.31. The summed E-state index contributed by atoms with van der Waals surface area (Å²) in [5.41, 5.74) is 6.44. The lowest BCUT2D eigenvalue weighted by Gasteiger charge is -2.26. The van der Waals surface area contributed by atoms with Gasteiger partial charge in [-0.15, -0.1) is 0 Å². The van der Waals surface area contributed by atoms with E-state index in [0.29, 0.717) is 11.6 Å². The Labute approximate surface area is 199 Å². The Bertz CT molecular complexity index is 1270. The van der Waals surface area contributed by atoms with Gasteiger partial charge in [-0.2, -0.15) is 0 Å². The molecule has 0 spiro atoms. The zero-order chi connectivity index (χ0) is 22.9. The molecule has 2 heterocycles. The first kappa shape index (κ1) is 21.5. The van der Waals surface area contributed by atoms with E-state index in [1.807, 2.05) is 53.4 Å². The quantitative estimate of drug-likeness (QED) is 0.455. The Kier molecular flexibility index (Phi) is 5.77. The van der Waals surface area contributed by atoms with Crippen molar-refractivity contribution in [3.8, 4) is 11.1 Å². The second-order valence-corrected chi connectivity index (χ2v) is 9.04. The predicted octanol–water partition coefficient (Wildman–Crippen LogP) is 6.28. The average molecular weight is 457 g/mol. The molecule has 166 valence electrons.